The summed E-state index contributed by atoms with van der Waals surface area (Å²) in [6.45, 7) is 3.79. The van der Waals surface area contributed by atoms with Gasteiger partial charge in [0.1, 0.15) is 6.54 Å². The number of hydrogen-bond donors (Lipinski definition) is 1. The lowest BCUT2D eigenvalue weighted by molar-refractivity contribution is -0.116. The molecule has 7 nitrogen and oxygen atoms in total. The van der Waals surface area contributed by atoms with Gasteiger partial charge in [0, 0.05) is 36.9 Å². The molecule has 2 rings (SSSR count). The van der Waals surface area contributed by atoms with Crippen LogP contribution in [0.4, 0.5) is 5.69 Å². The Balaban J connectivity index is 2.12. The Morgan fingerprint density at radius 1 is 1.07 bits per heavy atom. The Hall–Kier alpha value is -2.42. The Labute approximate surface area is 176 Å². The molecule has 0 spiro atoms. The van der Waals surface area contributed by atoms with Crippen molar-refractivity contribution in [3.05, 3.63) is 58.6 Å². The zero-order valence-electron chi connectivity index (χ0n) is 16.8. The average molecular weight is 438 g/mol. The number of aryl methyl sites for hydroxylation is 1. The van der Waals surface area contributed by atoms with E-state index in [9.17, 15) is 18.0 Å². The fourth-order valence-corrected chi connectivity index (χ4v) is 3.66. The summed E-state index contributed by atoms with van der Waals surface area (Å²) >= 11 is 5.97. The van der Waals surface area contributed by atoms with Crippen molar-refractivity contribution < 1.29 is 18.0 Å². The third-order valence-electron chi connectivity index (χ3n) is 4.36. The van der Waals surface area contributed by atoms with Crippen molar-refractivity contribution in [2.75, 3.05) is 32.5 Å². The number of carbonyl (C=O) groups excluding carboxylic acids is 2. The normalized spacial score (nSPS) is 11.4. The highest BCUT2D eigenvalue weighted by Crippen LogP contribution is 2.20. The van der Waals surface area contributed by atoms with Gasteiger partial charge in [-0.25, -0.2) is 12.7 Å². The molecule has 0 saturated carbocycles. The van der Waals surface area contributed by atoms with Gasteiger partial charge in [-0.3, -0.25) is 9.59 Å². The quantitative estimate of drug-likeness (QED) is 0.721. The number of nitrogens with one attached hydrogen (secondary N) is 1. The topological polar surface area (TPSA) is 86.8 Å². The molecule has 0 bridgehead atoms. The summed E-state index contributed by atoms with van der Waals surface area (Å²) in [7, 11) is -0.697. The molecule has 0 atom stereocenters. The summed E-state index contributed by atoms with van der Waals surface area (Å²) in [5.74, 6) is -0.711. The molecule has 1 N–H and O–H groups in total. The summed E-state index contributed by atoms with van der Waals surface area (Å²) in [4.78, 5) is 26.6. The van der Waals surface area contributed by atoms with Crippen molar-refractivity contribution in [2.24, 2.45) is 0 Å². The third-order valence-corrected chi connectivity index (χ3v) is 6.42. The van der Waals surface area contributed by atoms with Crippen LogP contribution in [0.1, 0.15) is 22.8 Å². The minimum absolute atomic E-state index is 0.0938. The molecule has 2 amide bonds. The van der Waals surface area contributed by atoms with Crippen LogP contribution in [0.5, 0.6) is 0 Å². The van der Waals surface area contributed by atoms with E-state index in [4.69, 9.17) is 11.6 Å². The number of likely N-dealkylation sites (N-methyl/N-ethyl adjacent to an activating group) is 1. The monoisotopic (exact) mass is 437 g/mol. The standard InChI is InChI=1S/C20H24ClN3O4S/c1-5-24(13-19(25)22-18-12-16(21)9-6-14(18)2)20(26)15-7-10-17(11-8-15)29(27,28)23(3)4/h6-12H,5,13H2,1-4H3,(H,22,25). The number of anilines is 1. The predicted octanol–water partition coefficient (Wildman–Crippen LogP) is 3.00. The first-order valence-corrected chi connectivity index (χ1v) is 10.8. The van der Waals surface area contributed by atoms with E-state index in [1.54, 1.807) is 25.1 Å². The Morgan fingerprint density at radius 3 is 2.24 bits per heavy atom. The van der Waals surface area contributed by atoms with Crippen LogP contribution >= 0.6 is 11.6 Å². The maximum absolute atomic E-state index is 12.7. The fourth-order valence-electron chi connectivity index (χ4n) is 2.58. The molecular formula is C20H24ClN3O4S. The minimum atomic E-state index is -3.57. The van der Waals surface area contributed by atoms with Crippen molar-refractivity contribution in [2.45, 2.75) is 18.7 Å². The Morgan fingerprint density at radius 2 is 1.69 bits per heavy atom. The SMILES string of the molecule is CCN(CC(=O)Nc1cc(Cl)ccc1C)C(=O)c1ccc(S(=O)(=O)N(C)C)cc1. The molecule has 0 saturated heterocycles. The molecule has 0 heterocycles. The smallest absolute Gasteiger partial charge is 0.254 e. The number of sulfonamides is 1. The molecule has 0 aliphatic heterocycles. The van der Waals surface area contributed by atoms with Crippen LogP contribution in [-0.2, 0) is 14.8 Å². The minimum Gasteiger partial charge on any atom is -0.330 e. The van der Waals surface area contributed by atoms with Gasteiger partial charge in [-0.1, -0.05) is 17.7 Å². The number of rotatable bonds is 7. The van der Waals surface area contributed by atoms with Gasteiger partial charge in [0.15, 0.2) is 0 Å². The molecule has 0 radical (unpaired) electrons. The largest absolute Gasteiger partial charge is 0.330 e. The summed E-state index contributed by atoms with van der Waals surface area (Å²) in [6, 6.07) is 10.8. The van der Waals surface area contributed by atoms with Crippen molar-refractivity contribution in [1.29, 1.82) is 0 Å². The molecule has 2 aromatic rings. The van der Waals surface area contributed by atoms with E-state index in [1.165, 1.54) is 43.3 Å². The van der Waals surface area contributed by atoms with Crippen LogP contribution < -0.4 is 5.32 Å². The van der Waals surface area contributed by atoms with Crippen molar-refractivity contribution in [1.82, 2.24) is 9.21 Å². The van der Waals surface area contributed by atoms with Gasteiger partial charge in [0.2, 0.25) is 15.9 Å². The number of nitrogens with zero attached hydrogens (tertiary/aromatic N) is 2. The highest BCUT2D eigenvalue weighted by atomic mass is 35.5. The first-order valence-electron chi connectivity index (χ1n) is 8.94. The summed E-state index contributed by atoms with van der Waals surface area (Å²) in [5, 5.41) is 3.26. The van der Waals surface area contributed by atoms with Gasteiger partial charge in [0.25, 0.3) is 5.91 Å². The zero-order chi connectivity index (χ0) is 21.8. The van der Waals surface area contributed by atoms with Crippen LogP contribution in [0.15, 0.2) is 47.4 Å². The van der Waals surface area contributed by atoms with Gasteiger partial charge in [-0.15, -0.1) is 0 Å². The van der Waals surface area contributed by atoms with Crippen LogP contribution in [0.3, 0.4) is 0 Å². The van der Waals surface area contributed by atoms with Crippen LogP contribution in [-0.4, -0.2) is 56.6 Å². The highest BCUT2D eigenvalue weighted by Gasteiger charge is 2.20. The molecule has 0 unspecified atom stereocenters. The van der Waals surface area contributed by atoms with E-state index in [0.717, 1.165) is 9.87 Å². The van der Waals surface area contributed by atoms with Gasteiger partial charge >= 0.3 is 0 Å². The van der Waals surface area contributed by atoms with Crippen LogP contribution in [0.25, 0.3) is 0 Å². The van der Waals surface area contributed by atoms with E-state index >= 15 is 0 Å². The van der Waals surface area contributed by atoms with Crippen LogP contribution in [0.2, 0.25) is 5.02 Å². The summed E-state index contributed by atoms with van der Waals surface area (Å²) in [5.41, 5.74) is 1.75. The molecule has 0 aliphatic carbocycles. The van der Waals surface area contributed by atoms with Crippen LogP contribution in [0, 0.1) is 6.92 Å². The second-order valence-electron chi connectivity index (χ2n) is 6.64. The first kappa shape index (κ1) is 22.9. The van der Waals surface area contributed by atoms with E-state index in [0.29, 0.717) is 22.8 Å². The first-order chi connectivity index (χ1) is 13.6. The van der Waals surface area contributed by atoms with Gasteiger partial charge < -0.3 is 10.2 Å². The fraction of sp³-hybridized carbons (Fsp3) is 0.300. The predicted molar refractivity (Wildman–Crippen MR) is 114 cm³/mol. The van der Waals surface area contributed by atoms with Gasteiger partial charge in [-0.05, 0) is 55.8 Å². The summed E-state index contributed by atoms with van der Waals surface area (Å²) < 4.78 is 25.4. The molecule has 29 heavy (non-hydrogen) atoms. The lowest BCUT2D eigenvalue weighted by Crippen LogP contribution is -2.38. The lowest BCUT2D eigenvalue weighted by atomic mass is 10.2. The molecule has 0 aliphatic rings. The van der Waals surface area contributed by atoms with Crippen molar-refractivity contribution >= 4 is 39.1 Å². The average Bonchev–Trinajstić information content (AvgIpc) is 2.68. The molecule has 0 aromatic heterocycles. The highest BCUT2D eigenvalue weighted by molar-refractivity contribution is 7.89. The second kappa shape index (κ2) is 9.39. The number of amides is 2. The number of halogens is 1. The Kier molecular flexibility index (Phi) is 7.40. The Bertz CT molecular complexity index is 1000. The van der Waals surface area contributed by atoms with Crippen molar-refractivity contribution in [3.63, 3.8) is 0 Å². The van der Waals surface area contributed by atoms with E-state index in [-0.39, 0.29) is 23.3 Å². The molecule has 0 fully saturated rings. The molecule has 156 valence electrons. The van der Waals surface area contributed by atoms with E-state index < -0.39 is 10.0 Å². The number of hydrogen-bond acceptors (Lipinski definition) is 4. The van der Waals surface area contributed by atoms with E-state index in [1.807, 2.05) is 6.92 Å². The zero-order valence-corrected chi connectivity index (χ0v) is 18.3. The summed E-state index contributed by atoms with van der Waals surface area (Å²) in [6.07, 6.45) is 0. The van der Waals surface area contributed by atoms with E-state index in [2.05, 4.69) is 5.32 Å². The van der Waals surface area contributed by atoms with Crippen molar-refractivity contribution in [3.8, 4) is 0 Å². The number of carbonyl (C=O) groups is 2. The second-order valence-corrected chi connectivity index (χ2v) is 9.23. The maximum Gasteiger partial charge on any atom is 0.254 e. The molecular weight excluding hydrogens is 414 g/mol. The molecule has 9 heteroatoms. The van der Waals surface area contributed by atoms with Gasteiger partial charge in [0.05, 0.1) is 4.90 Å². The lowest BCUT2D eigenvalue weighted by Gasteiger charge is -2.21. The number of benzene rings is 2. The third kappa shape index (κ3) is 5.56. The molecule has 2 aromatic carbocycles. The maximum atomic E-state index is 12.7. The van der Waals surface area contributed by atoms with Gasteiger partial charge in [-0.2, -0.15) is 0 Å².